The molecule has 9 nitrogen and oxygen atoms in total. The molecule has 0 saturated heterocycles. The standard InChI is InChI=1S/C21H21N4O5/c1-4-30-21(27)16(14-22)13-19(24-11-9-17(10-12-24)23(2)3)20(26)15-5-7-18(8-6-15)25(28)29/h5-13,22H,4H2,1-3H3/q+1/b19-13-. The Balaban J connectivity index is 2.55. The molecule has 0 aliphatic heterocycles. The number of rotatable bonds is 8. The summed E-state index contributed by atoms with van der Waals surface area (Å²) in [4.78, 5) is 37.4. The number of carbonyl (C=O) groups excluding carboxylic acids is 2. The maximum Gasteiger partial charge on any atom is 0.347 e. The van der Waals surface area contributed by atoms with Crippen LogP contribution in [0, 0.1) is 15.5 Å². The van der Waals surface area contributed by atoms with E-state index in [2.05, 4.69) is 0 Å². The molecule has 1 aromatic heterocycles. The van der Waals surface area contributed by atoms with E-state index in [1.165, 1.54) is 34.9 Å². The van der Waals surface area contributed by atoms with E-state index in [-0.39, 0.29) is 29.1 Å². The highest BCUT2D eigenvalue weighted by atomic mass is 16.6. The van der Waals surface area contributed by atoms with Crippen molar-refractivity contribution < 1.29 is 23.8 Å². The van der Waals surface area contributed by atoms with E-state index >= 15 is 0 Å². The monoisotopic (exact) mass is 409 g/mol. The van der Waals surface area contributed by atoms with Gasteiger partial charge in [-0.25, -0.2) is 4.79 Å². The number of ether oxygens (including phenoxy) is 1. The molecule has 2 aromatic rings. The third-order valence-corrected chi connectivity index (χ3v) is 4.09. The minimum atomic E-state index is -0.785. The molecule has 9 heteroatoms. The fraction of sp³-hybridized carbons (Fsp3) is 0.190. The Kier molecular flexibility index (Phi) is 7.32. The summed E-state index contributed by atoms with van der Waals surface area (Å²) in [6, 6.07) is 8.67. The molecule has 0 bridgehead atoms. The number of benzene rings is 1. The number of hydrogen-bond acceptors (Lipinski definition) is 7. The van der Waals surface area contributed by atoms with Gasteiger partial charge in [0.25, 0.3) is 17.2 Å². The van der Waals surface area contributed by atoms with Crippen LogP contribution >= 0.6 is 0 Å². The van der Waals surface area contributed by atoms with E-state index in [1.54, 1.807) is 31.5 Å². The molecule has 0 radical (unpaired) electrons. The predicted octanol–water partition coefficient (Wildman–Crippen LogP) is 2.41. The number of allylic oxidation sites excluding steroid dienone is 1. The Hall–Kier alpha value is -4.10. The average molecular weight is 409 g/mol. The van der Waals surface area contributed by atoms with E-state index < -0.39 is 16.7 Å². The highest BCUT2D eigenvalue weighted by Gasteiger charge is 2.25. The van der Waals surface area contributed by atoms with Crippen molar-refractivity contribution in [3.8, 4) is 0 Å². The molecule has 0 unspecified atom stereocenters. The first-order valence-electron chi connectivity index (χ1n) is 8.95. The van der Waals surface area contributed by atoms with Gasteiger partial charge in [0.1, 0.15) is 5.57 Å². The van der Waals surface area contributed by atoms with Gasteiger partial charge in [-0.2, -0.15) is 4.57 Å². The van der Waals surface area contributed by atoms with Crippen LogP contribution < -0.4 is 9.47 Å². The molecule has 0 saturated carbocycles. The normalized spacial score (nSPS) is 10.7. The lowest BCUT2D eigenvalue weighted by atomic mass is 10.1. The lowest BCUT2D eigenvalue weighted by Crippen LogP contribution is -2.36. The maximum absolute atomic E-state index is 13.2. The number of non-ortho nitro benzene ring substituents is 1. The molecule has 0 fully saturated rings. The van der Waals surface area contributed by atoms with Crippen LogP contribution in [0.1, 0.15) is 17.3 Å². The van der Waals surface area contributed by atoms with E-state index in [4.69, 9.17) is 10.1 Å². The van der Waals surface area contributed by atoms with E-state index in [0.717, 1.165) is 5.69 Å². The van der Waals surface area contributed by atoms with E-state index in [0.29, 0.717) is 0 Å². The summed E-state index contributed by atoms with van der Waals surface area (Å²) in [6.07, 6.45) is 4.48. The van der Waals surface area contributed by atoms with E-state index in [9.17, 15) is 19.7 Å². The largest absolute Gasteiger partial charge is 0.462 e. The predicted molar refractivity (Wildman–Crippen MR) is 111 cm³/mol. The van der Waals surface area contributed by atoms with Crippen LogP contribution in [0.5, 0.6) is 0 Å². The minimum Gasteiger partial charge on any atom is -0.462 e. The third kappa shape index (κ3) is 5.24. The van der Waals surface area contributed by atoms with Gasteiger partial charge in [-0.3, -0.25) is 20.3 Å². The van der Waals surface area contributed by atoms with Crippen molar-refractivity contribution in [2.24, 2.45) is 0 Å². The fourth-order valence-electron chi connectivity index (χ4n) is 2.51. The van der Waals surface area contributed by atoms with Gasteiger partial charge in [0.05, 0.1) is 11.5 Å². The number of esters is 1. The van der Waals surface area contributed by atoms with Crippen molar-refractivity contribution in [2.75, 3.05) is 25.6 Å². The summed E-state index contributed by atoms with van der Waals surface area (Å²) >= 11 is 0. The Morgan fingerprint density at radius 2 is 1.80 bits per heavy atom. The highest BCUT2D eigenvalue weighted by molar-refractivity contribution is 6.23. The topological polar surface area (TPSA) is 117 Å². The summed E-state index contributed by atoms with van der Waals surface area (Å²) in [6.45, 7) is 1.73. The van der Waals surface area contributed by atoms with Crippen LogP contribution in [0.3, 0.4) is 0 Å². The second kappa shape index (κ2) is 9.90. The molecule has 0 aliphatic rings. The molecular formula is C21H21N4O5+. The quantitative estimate of drug-likeness (QED) is 0.105. The van der Waals surface area contributed by atoms with Crippen LogP contribution in [0.4, 0.5) is 11.4 Å². The number of carbonyl (C=O) groups is 2. The number of Topliss-reactive ketones (excluding diaryl/α,β-unsaturated/α-hetero) is 1. The number of nitro groups is 1. The lowest BCUT2D eigenvalue weighted by Gasteiger charge is -2.11. The molecule has 0 amide bonds. The number of hydrogen-bond donors (Lipinski definition) is 1. The first kappa shape index (κ1) is 22.2. The Bertz CT molecular complexity index is 1030. The van der Waals surface area contributed by atoms with Gasteiger partial charge in [-0.1, -0.05) is 0 Å². The van der Waals surface area contributed by atoms with Crippen LogP contribution in [0.15, 0.2) is 60.4 Å². The molecule has 154 valence electrons. The van der Waals surface area contributed by atoms with Gasteiger partial charge in [0.2, 0.25) is 0 Å². The van der Waals surface area contributed by atoms with Crippen molar-refractivity contribution in [1.82, 2.24) is 0 Å². The molecule has 1 N–H and O–H groups in total. The summed E-state index contributed by atoms with van der Waals surface area (Å²) in [5.74, 6) is 0.719. The molecular weight excluding hydrogens is 388 g/mol. The van der Waals surface area contributed by atoms with Crippen molar-refractivity contribution in [3.05, 3.63) is 76.1 Å². The Morgan fingerprint density at radius 3 is 2.27 bits per heavy atom. The van der Waals surface area contributed by atoms with Gasteiger partial charge < -0.3 is 9.64 Å². The molecule has 1 aromatic carbocycles. The Morgan fingerprint density at radius 1 is 1.20 bits per heavy atom. The molecule has 30 heavy (non-hydrogen) atoms. The van der Waals surface area contributed by atoms with Crippen LogP contribution in [-0.2, 0) is 9.53 Å². The summed E-state index contributed by atoms with van der Waals surface area (Å²) < 4.78 is 6.40. The zero-order valence-corrected chi connectivity index (χ0v) is 16.8. The second-order valence-corrected chi connectivity index (χ2v) is 6.28. The molecule has 0 aliphatic carbocycles. The molecule has 1 heterocycles. The first-order chi connectivity index (χ1) is 14.3. The minimum absolute atomic E-state index is 0.0527. The zero-order valence-electron chi connectivity index (χ0n) is 16.8. The summed E-state index contributed by atoms with van der Waals surface area (Å²) in [5.41, 5.74) is 0.751. The Labute approximate surface area is 173 Å². The van der Waals surface area contributed by atoms with Gasteiger partial charge >= 0.3 is 5.97 Å². The number of anilines is 1. The van der Waals surface area contributed by atoms with Crippen molar-refractivity contribution in [1.29, 1.82) is 5.41 Å². The van der Waals surface area contributed by atoms with Crippen molar-refractivity contribution in [2.45, 2.75) is 6.92 Å². The third-order valence-electron chi connectivity index (χ3n) is 4.09. The summed E-state index contributed by atoms with van der Waals surface area (Å²) in [5, 5.41) is 18.3. The number of pyridine rings is 1. The average Bonchev–Trinajstić information content (AvgIpc) is 2.74. The molecule has 2 rings (SSSR count). The summed E-state index contributed by atoms with van der Waals surface area (Å²) in [7, 11) is 3.74. The number of nitrogens with zero attached hydrogens (tertiary/aromatic N) is 3. The smallest absolute Gasteiger partial charge is 0.347 e. The molecule has 0 spiro atoms. The van der Waals surface area contributed by atoms with Crippen LogP contribution in [0.2, 0.25) is 0 Å². The molecule has 0 atom stereocenters. The lowest BCUT2D eigenvalue weighted by molar-refractivity contribution is -0.576. The van der Waals surface area contributed by atoms with Gasteiger partial charge in [-0.15, -0.1) is 0 Å². The number of nitrogens with one attached hydrogen (secondary N) is 1. The van der Waals surface area contributed by atoms with Crippen LogP contribution in [-0.4, -0.2) is 43.2 Å². The van der Waals surface area contributed by atoms with Gasteiger partial charge in [0, 0.05) is 55.7 Å². The van der Waals surface area contributed by atoms with Gasteiger partial charge in [-0.05, 0) is 24.9 Å². The zero-order chi connectivity index (χ0) is 22.3. The van der Waals surface area contributed by atoms with Crippen molar-refractivity contribution in [3.63, 3.8) is 0 Å². The maximum atomic E-state index is 13.2. The van der Waals surface area contributed by atoms with Crippen molar-refractivity contribution >= 4 is 34.7 Å². The number of nitro benzene ring substituents is 1. The van der Waals surface area contributed by atoms with E-state index in [1.807, 2.05) is 24.9 Å². The number of ketones is 1. The second-order valence-electron chi connectivity index (χ2n) is 6.28. The fourth-order valence-corrected chi connectivity index (χ4v) is 2.51. The van der Waals surface area contributed by atoms with Crippen LogP contribution in [0.25, 0.3) is 5.70 Å². The first-order valence-corrected chi connectivity index (χ1v) is 8.95. The highest BCUT2D eigenvalue weighted by Crippen LogP contribution is 2.17. The SMILES string of the molecule is CCOC(=O)C(=C=N)/C=C(/C(=O)c1ccc([N+](=O)[O-])cc1)[n+]1ccc(N(C)C)cc1. The van der Waals surface area contributed by atoms with Gasteiger partial charge in [0.15, 0.2) is 12.4 Å². The number of aromatic nitrogens is 1.